The summed E-state index contributed by atoms with van der Waals surface area (Å²) in [5, 5.41) is 6.80. The molecule has 2 aromatic rings. The quantitative estimate of drug-likeness (QED) is 0.594. The summed E-state index contributed by atoms with van der Waals surface area (Å²) in [7, 11) is 3.49. The molecule has 0 bridgehead atoms. The fraction of sp³-hybridized carbons (Fsp3) is 0.409. The van der Waals surface area contributed by atoms with Crippen LogP contribution in [0.2, 0.25) is 0 Å². The predicted molar refractivity (Wildman–Crippen MR) is 114 cm³/mol. The van der Waals surface area contributed by atoms with Crippen molar-refractivity contribution in [2.45, 2.75) is 20.0 Å². The first kappa shape index (κ1) is 20.0. The second kappa shape index (κ2) is 9.99. The Kier molecular flexibility index (Phi) is 7.14. The Hall–Kier alpha value is -2.73. The number of guanidine groups is 1. The number of nitrogens with zero attached hydrogens (tertiary/aromatic N) is 2. The molecule has 150 valence electrons. The lowest BCUT2D eigenvalue weighted by Gasteiger charge is -2.30. The lowest BCUT2D eigenvalue weighted by molar-refractivity contribution is 0.122. The summed E-state index contributed by atoms with van der Waals surface area (Å²) < 4.78 is 11.0. The Morgan fingerprint density at radius 3 is 2.50 bits per heavy atom. The van der Waals surface area contributed by atoms with Gasteiger partial charge in [0, 0.05) is 44.5 Å². The largest absolute Gasteiger partial charge is 0.496 e. The van der Waals surface area contributed by atoms with Gasteiger partial charge in [0.25, 0.3) is 0 Å². The van der Waals surface area contributed by atoms with Crippen LogP contribution in [0.3, 0.4) is 0 Å². The zero-order valence-corrected chi connectivity index (χ0v) is 17.0. The molecule has 6 nitrogen and oxygen atoms in total. The number of hydrogen-bond donors (Lipinski definition) is 2. The fourth-order valence-corrected chi connectivity index (χ4v) is 3.35. The van der Waals surface area contributed by atoms with Gasteiger partial charge in [-0.15, -0.1) is 0 Å². The molecule has 28 heavy (non-hydrogen) atoms. The van der Waals surface area contributed by atoms with E-state index in [9.17, 15) is 0 Å². The minimum Gasteiger partial charge on any atom is -0.496 e. The average molecular weight is 383 g/mol. The van der Waals surface area contributed by atoms with Crippen molar-refractivity contribution in [1.82, 2.24) is 10.6 Å². The highest BCUT2D eigenvalue weighted by Gasteiger charge is 2.14. The lowest BCUT2D eigenvalue weighted by Crippen LogP contribution is -2.39. The van der Waals surface area contributed by atoms with Crippen LogP contribution in [0.15, 0.2) is 47.5 Å². The average Bonchev–Trinajstić information content (AvgIpc) is 2.75. The standard InChI is InChI=1S/C22H30N4O2/c1-17-8-9-19(21(14-17)27-3)16-25-22(23-2)24-15-18-6-4-5-7-20(18)26-10-12-28-13-11-26/h4-9,14H,10-13,15-16H2,1-3H3,(H2,23,24,25). The van der Waals surface area contributed by atoms with Crippen LogP contribution < -0.4 is 20.3 Å². The van der Waals surface area contributed by atoms with Crippen LogP contribution >= 0.6 is 0 Å². The second-order valence-corrected chi connectivity index (χ2v) is 6.82. The molecule has 0 unspecified atom stereocenters. The van der Waals surface area contributed by atoms with E-state index in [0.29, 0.717) is 13.1 Å². The Bertz CT molecular complexity index is 801. The number of rotatable bonds is 6. The molecule has 0 aliphatic carbocycles. The van der Waals surface area contributed by atoms with E-state index in [1.165, 1.54) is 16.8 Å². The van der Waals surface area contributed by atoms with E-state index in [0.717, 1.165) is 43.6 Å². The number of methoxy groups -OCH3 is 1. The highest BCUT2D eigenvalue weighted by atomic mass is 16.5. The van der Waals surface area contributed by atoms with Crippen LogP contribution in [-0.2, 0) is 17.8 Å². The fourth-order valence-electron chi connectivity index (χ4n) is 3.35. The third kappa shape index (κ3) is 5.16. The van der Waals surface area contributed by atoms with Crippen molar-refractivity contribution in [1.29, 1.82) is 0 Å². The molecule has 2 N–H and O–H groups in total. The first-order chi connectivity index (χ1) is 13.7. The molecule has 2 aromatic carbocycles. The molecule has 1 saturated heterocycles. The van der Waals surface area contributed by atoms with Gasteiger partial charge in [0.2, 0.25) is 0 Å². The molecule has 1 aliphatic heterocycles. The monoisotopic (exact) mass is 382 g/mol. The molecular formula is C22H30N4O2. The molecule has 0 atom stereocenters. The van der Waals surface area contributed by atoms with E-state index in [1.54, 1.807) is 14.2 Å². The first-order valence-electron chi connectivity index (χ1n) is 9.70. The van der Waals surface area contributed by atoms with Gasteiger partial charge in [-0.1, -0.05) is 30.3 Å². The van der Waals surface area contributed by atoms with Crippen LogP contribution in [0.1, 0.15) is 16.7 Å². The van der Waals surface area contributed by atoms with Gasteiger partial charge in [0.1, 0.15) is 5.75 Å². The summed E-state index contributed by atoms with van der Waals surface area (Å²) in [6.07, 6.45) is 0. The molecule has 3 rings (SSSR count). The third-order valence-corrected chi connectivity index (χ3v) is 4.90. The van der Waals surface area contributed by atoms with E-state index in [1.807, 2.05) is 6.07 Å². The molecule has 1 fully saturated rings. The van der Waals surface area contributed by atoms with Gasteiger partial charge in [0.05, 0.1) is 20.3 Å². The second-order valence-electron chi connectivity index (χ2n) is 6.82. The van der Waals surface area contributed by atoms with Gasteiger partial charge < -0.3 is 25.0 Å². The lowest BCUT2D eigenvalue weighted by atomic mass is 10.1. The molecule has 0 spiro atoms. The van der Waals surface area contributed by atoms with Crippen molar-refractivity contribution in [3.05, 3.63) is 59.2 Å². The number of nitrogens with one attached hydrogen (secondary N) is 2. The van der Waals surface area contributed by atoms with Crippen LogP contribution in [0.5, 0.6) is 5.75 Å². The maximum atomic E-state index is 5.49. The van der Waals surface area contributed by atoms with Crippen LogP contribution in [0, 0.1) is 6.92 Å². The summed E-state index contributed by atoms with van der Waals surface area (Å²) >= 11 is 0. The highest BCUT2D eigenvalue weighted by molar-refractivity contribution is 5.80. The van der Waals surface area contributed by atoms with Crippen molar-refractivity contribution in [3.8, 4) is 5.75 Å². The van der Waals surface area contributed by atoms with Gasteiger partial charge in [-0.3, -0.25) is 4.99 Å². The summed E-state index contributed by atoms with van der Waals surface area (Å²) in [4.78, 5) is 6.74. The summed E-state index contributed by atoms with van der Waals surface area (Å²) in [5.74, 6) is 1.65. The summed E-state index contributed by atoms with van der Waals surface area (Å²) in [6, 6.07) is 14.7. The SMILES string of the molecule is CN=C(NCc1ccc(C)cc1OC)NCc1ccccc1N1CCOCC1. The Morgan fingerprint density at radius 2 is 1.79 bits per heavy atom. The molecule has 0 aromatic heterocycles. The van der Waals surface area contributed by atoms with Crippen molar-refractivity contribution in [2.75, 3.05) is 45.4 Å². The molecule has 1 aliphatic rings. The van der Waals surface area contributed by atoms with Crippen molar-refractivity contribution in [3.63, 3.8) is 0 Å². The summed E-state index contributed by atoms with van der Waals surface area (Å²) in [5.41, 5.74) is 4.79. The molecule has 1 heterocycles. The number of aryl methyl sites for hydroxylation is 1. The van der Waals surface area contributed by atoms with Crippen LogP contribution in [0.25, 0.3) is 0 Å². The Morgan fingerprint density at radius 1 is 1.07 bits per heavy atom. The Labute approximate surface area is 167 Å². The van der Waals surface area contributed by atoms with Gasteiger partial charge in [0.15, 0.2) is 5.96 Å². The smallest absolute Gasteiger partial charge is 0.191 e. The number of anilines is 1. The van der Waals surface area contributed by atoms with Crippen molar-refractivity contribution < 1.29 is 9.47 Å². The van der Waals surface area contributed by atoms with Gasteiger partial charge in [-0.25, -0.2) is 0 Å². The number of hydrogen-bond acceptors (Lipinski definition) is 4. The van der Waals surface area contributed by atoms with Crippen molar-refractivity contribution in [2.24, 2.45) is 4.99 Å². The predicted octanol–water partition coefficient (Wildman–Crippen LogP) is 2.71. The first-order valence-corrected chi connectivity index (χ1v) is 9.70. The maximum Gasteiger partial charge on any atom is 0.191 e. The van der Waals surface area contributed by atoms with Gasteiger partial charge in [-0.2, -0.15) is 0 Å². The zero-order chi connectivity index (χ0) is 19.8. The number of ether oxygens (including phenoxy) is 2. The van der Waals surface area contributed by atoms with Crippen molar-refractivity contribution >= 4 is 11.6 Å². The van der Waals surface area contributed by atoms with Gasteiger partial charge >= 0.3 is 0 Å². The molecular weight excluding hydrogens is 352 g/mol. The highest BCUT2D eigenvalue weighted by Crippen LogP contribution is 2.22. The molecule has 6 heteroatoms. The van der Waals surface area contributed by atoms with E-state index < -0.39 is 0 Å². The number of para-hydroxylation sites is 1. The number of benzene rings is 2. The normalized spacial score (nSPS) is 14.7. The van der Waals surface area contributed by atoms with E-state index in [2.05, 4.69) is 63.8 Å². The molecule has 0 amide bonds. The number of morpholine rings is 1. The van der Waals surface area contributed by atoms with Crippen LogP contribution in [-0.4, -0.2) is 46.4 Å². The minimum absolute atomic E-state index is 0.647. The van der Waals surface area contributed by atoms with Gasteiger partial charge in [-0.05, 0) is 30.2 Å². The third-order valence-electron chi connectivity index (χ3n) is 4.90. The van der Waals surface area contributed by atoms with E-state index >= 15 is 0 Å². The summed E-state index contributed by atoms with van der Waals surface area (Å²) in [6.45, 7) is 6.83. The Balaban J connectivity index is 1.61. The maximum absolute atomic E-state index is 5.49. The molecule has 0 saturated carbocycles. The van der Waals surface area contributed by atoms with E-state index in [-0.39, 0.29) is 0 Å². The van der Waals surface area contributed by atoms with Crippen LogP contribution in [0.4, 0.5) is 5.69 Å². The minimum atomic E-state index is 0.647. The zero-order valence-electron chi connectivity index (χ0n) is 17.0. The topological polar surface area (TPSA) is 58.1 Å². The number of aliphatic imine (C=N–C) groups is 1. The molecule has 0 radical (unpaired) electrons. The van der Waals surface area contributed by atoms with E-state index in [4.69, 9.17) is 9.47 Å².